The van der Waals surface area contributed by atoms with Crippen LogP contribution in [0, 0.1) is 0 Å². The van der Waals surface area contributed by atoms with E-state index in [2.05, 4.69) is 0 Å². The molecule has 146 valence electrons. The van der Waals surface area contributed by atoms with Gasteiger partial charge in [-0.1, -0.05) is 6.07 Å². The van der Waals surface area contributed by atoms with Gasteiger partial charge < -0.3 is 14.7 Å². The minimum absolute atomic E-state index is 0.0462. The zero-order valence-corrected chi connectivity index (χ0v) is 14.7. The van der Waals surface area contributed by atoms with Crippen molar-refractivity contribution in [2.24, 2.45) is 0 Å². The molecule has 0 N–H and O–H groups in total. The van der Waals surface area contributed by atoms with Gasteiger partial charge in [0.25, 0.3) is 5.91 Å². The molecule has 0 radical (unpaired) electrons. The summed E-state index contributed by atoms with van der Waals surface area (Å²) < 4.78 is 38.6. The highest BCUT2D eigenvalue weighted by Gasteiger charge is 2.36. The number of anilines is 1. The first-order valence-electron chi connectivity index (χ1n) is 8.42. The maximum Gasteiger partial charge on any atom is 0.416 e. The molecule has 0 bridgehead atoms. The maximum atomic E-state index is 12.9. The highest BCUT2D eigenvalue weighted by Crippen LogP contribution is 2.31. The monoisotopic (exact) mass is 384 g/mol. The molecule has 2 saturated heterocycles. The number of carbonyl (C=O) groups excluding carboxylic acids is 3. The highest BCUT2D eigenvalue weighted by atomic mass is 19.4. The number of halogens is 3. The van der Waals surface area contributed by atoms with Crippen LogP contribution in [0.2, 0.25) is 0 Å². The van der Waals surface area contributed by atoms with Gasteiger partial charge in [0.2, 0.25) is 5.91 Å². The van der Waals surface area contributed by atoms with Crippen molar-refractivity contribution in [2.75, 3.05) is 51.2 Å². The number of benzene rings is 1. The standard InChI is InChI=1S/C17H19F3N4O3/c1-21-10-15(26)24(16(21)27)11-14(25)23-7-5-22(6-8-23)13-4-2-3-12(9-13)17(18,19)20/h2-4,9H,5-8,10-11H2,1H3. The van der Waals surface area contributed by atoms with E-state index in [9.17, 15) is 27.6 Å². The van der Waals surface area contributed by atoms with Crippen LogP contribution in [0.3, 0.4) is 0 Å². The second-order valence-corrected chi connectivity index (χ2v) is 6.53. The lowest BCUT2D eigenvalue weighted by molar-refractivity contribution is -0.137. The smallest absolute Gasteiger partial charge is 0.368 e. The Morgan fingerprint density at radius 1 is 1.11 bits per heavy atom. The molecular formula is C17H19F3N4O3. The second-order valence-electron chi connectivity index (χ2n) is 6.53. The van der Waals surface area contributed by atoms with Gasteiger partial charge in [0.05, 0.1) is 5.56 Å². The molecule has 1 aromatic rings. The zero-order valence-electron chi connectivity index (χ0n) is 14.7. The van der Waals surface area contributed by atoms with Crippen LogP contribution in [-0.4, -0.2) is 78.9 Å². The van der Waals surface area contributed by atoms with Crippen molar-refractivity contribution in [1.29, 1.82) is 0 Å². The van der Waals surface area contributed by atoms with E-state index in [-0.39, 0.29) is 19.0 Å². The summed E-state index contributed by atoms with van der Waals surface area (Å²) in [5.74, 6) is -0.769. The average molecular weight is 384 g/mol. The van der Waals surface area contributed by atoms with Gasteiger partial charge >= 0.3 is 12.2 Å². The van der Waals surface area contributed by atoms with E-state index in [1.54, 1.807) is 11.0 Å². The Morgan fingerprint density at radius 2 is 1.78 bits per heavy atom. The number of nitrogens with zero attached hydrogens (tertiary/aromatic N) is 4. The van der Waals surface area contributed by atoms with E-state index in [0.717, 1.165) is 17.0 Å². The molecule has 27 heavy (non-hydrogen) atoms. The van der Waals surface area contributed by atoms with Crippen molar-refractivity contribution >= 4 is 23.5 Å². The number of alkyl halides is 3. The summed E-state index contributed by atoms with van der Waals surface area (Å²) in [4.78, 5) is 41.4. The van der Waals surface area contributed by atoms with Crippen molar-refractivity contribution < 1.29 is 27.6 Å². The summed E-state index contributed by atoms with van der Waals surface area (Å²) >= 11 is 0. The average Bonchev–Trinajstić information content (AvgIpc) is 2.87. The summed E-state index contributed by atoms with van der Waals surface area (Å²) in [6.07, 6.45) is -4.41. The quantitative estimate of drug-likeness (QED) is 0.736. The third kappa shape index (κ3) is 3.99. The molecule has 0 spiro atoms. The number of urea groups is 1. The van der Waals surface area contributed by atoms with Crippen molar-refractivity contribution in [1.82, 2.24) is 14.7 Å². The molecule has 0 atom stereocenters. The van der Waals surface area contributed by atoms with Crippen LogP contribution in [0.4, 0.5) is 23.7 Å². The number of rotatable bonds is 3. The first-order chi connectivity index (χ1) is 12.7. The van der Waals surface area contributed by atoms with E-state index < -0.39 is 23.7 Å². The van der Waals surface area contributed by atoms with Gasteiger partial charge in [-0.25, -0.2) is 4.79 Å². The van der Waals surface area contributed by atoms with E-state index in [0.29, 0.717) is 31.9 Å². The third-order valence-electron chi connectivity index (χ3n) is 4.70. The number of likely N-dealkylation sites (N-methyl/N-ethyl adjacent to an activating group) is 1. The number of hydrogen-bond donors (Lipinski definition) is 0. The minimum atomic E-state index is -4.41. The number of imide groups is 1. The molecule has 2 aliphatic rings. The molecule has 2 heterocycles. The van der Waals surface area contributed by atoms with Crippen LogP contribution in [0.1, 0.15) is 5.56 Å². The van der Waals surface area contributed by atoms with Crippen LogP contribution in [-0.2, 0) is 15.8 Å². The van der Waals surface area contributed by atoms with Gasteiger partial charge in [0.1, 0.15) is 13.1 Å². The second kappa shape index (κ2) is 7.09. The summed E-state index contributed by atoms with van der Waals surface area (Å²) in [6, 6.07) is 4.57. The van der Waals surface area contributed by atoms with E-state index in [4.69, 9.17) is 0 Å². The Bertz CT molecular complexity index is 760. The van der Waals surface area contributed by atoms with Crippen LogP contribution >= 0.6 is 0 Å². The molecule has 0 saturated carbocycles. The van der Waals surface area contributed by atoms with Crippen LogP contribution < -0.4 is 4.90 Å². The predicted molar refractivity (Wildman–Crippen MR) is 90.0 cm³/mol. The van der Waals surface area contributed by atoms with Gasteiger partial charge in [-0.15, -0.1) is 0 Å². The lowest BCUT2D eigenvalue weighted by Gasteiger charge is -2.36. The fourth-order valence-electron chi connectivity index (χ4n) is 3.15. The summed E-state index contributed by atoms with van der Waals surface area (Å²) in [6.45, 7) is 0.993. The molecule has 3 rings (SSSR count). The first-order valence-corrected chi connectivity index (χ1v) is 8.42. The molecule has 2 fully saturated rings. The Kier molecular flexibility index (Phi) is 4.99. The van der Waals surface area contributed by atoms with Gasteiger partial charge in [0, 0.05) is 38.9 Å². The first kappa shape index (κ1) is 19.0. The maximum absolute atomic E-state index is 12.9. The SMILES string of the molecule is CN1CC(=O)N(CC(=O)N2CCN(c3cccc(C(F)(F)F)c3)CC2)C1=O. The molecule has 4 amide bonds. The summed E-state index contributed by atoms with van der Waals surface area (Å²) in [7, 11) is 1.48. The van der Waals surface area contributed by atoms with Crippen molar-refractivity contribution in [3.8, 4) is 0 Å². The van der Waals surface area contributed by atoms with Gasteiger partial charge in [0.15, 0.2) is 0 Å². The van der Waals surface area contributed by atoms with E-state index in [1.807, 2.05) is 0 Å². The lowest BCUT2D eigenvalue weighted by atomic mass is 10.1. The fraction of sp³-hybridized carbons (Fsp3) is 0.471. The Hall–Kier alpha value is -2.78. The molecule has 7 nitrogen and oxygen atoms in total. The molecule has 0 unspecified atom stereocenters. The Morgan fingerprint density at radius 3 is 2.33 bits per heavy atom. The molecule has 2 aliphatic heterocycles. The molecule has 1 aromatic carbocycles. The highest BCUT2D eigenvalue weighted by molar-refractivity contribution is 6.04. The topological polar surface area (TPSA) is 64.2 Å². The van der Waals surface area contributed by atoms with Crippen molar-refractivity contribution in [2.45, 2.75) is 6.18 Å². The van der Waals surface area contributed by atoms with Crippen LogP contribution in [0.5, 0.6) is 0 Å². The lowest BCUT2D eigenvalue weighted by Crippen LogP contribution is -2.52. The normalized spacial score (nSPS) is 18.5. The van der Waals surface area contributed by atoms with Gasteiger partial charge in [-0.3, -0.25) is 14.5 Å². The number of piperazine rings is 1. The largest absolute Gasteiger partial charge is 0.416 e. The predicted octanol–water partition coefficient (Wildman–Crippen LogP) is 1.25. The molecule has 0 aliphatic carbocycles. The van der Waals surface area contributed by atoms with E-state index >= 15 is 0 Å². The third-order valence-corrected chi connectivity index (χ3v) is 4.70. The van der Waals surface area contributed by atoms with Crippen LogP contribution in [0.15, 0.2) is 24.3 Å². The Labute approximate surface area is 153 Å². The molecule has 0 aromatic heterocycles. The summed E-state index contributed by atoms with van der Waals surface area (Å²) in [5.41, 5.74) is -0.267. The zero-order chi connectivity index (χ0) is 19.8. The van der Waals surface area contributed by atoms with Crippen LogP contribution in [0.25, 0.3) is 0 Å². The number of amides is 4. The van der Waals surface area contributed by atoms with Crippen molar-refractivity contribution in [3.05, 3.63) is 29.8 Å². The molecule has 10 heteroatoms. The summed E-state index contributed by atoms with van der Waals surface area (Å²) in [5, 5.41) is 0. The van der Waals surface area contributed by atoms with Gasteiger partial charge in [-0.05, 0) is 18.2 Å². The van der Waals surface area contributed by atoms with Crippen molar-refractivity contribution in [3.63, 3.8) is 0 Å². The number of carbonyl (C=O) groups is 3. The minimum Gasteiger partial charge on any atom is -0.368 e. The number of hydrogen-bond acceptors (Lipinski definition) is 4. The fourth-order valence-corrected chi connectivity index (χ4v) is 3.15. The molecular weight excluding hydrogens is 365 g/mol. The van der Waals surface area contributed by atoms with Gasteiger partial charge in [-0.2, -0.15) is 13.2 Å². The Balaban J connectivity index is 1.58. The van der Waals surface area contributed by atoms with E-state index in [1.165, 1.54) is 22.9 Å².